The van der Waals surface area contributed by atoms with Crippen molar-refractivity contribution in [1.82, 2.24) is 20.3 Å². The Bertz CT molecular complexity index is 500. The van der Waals surface area contributed by atoms with E-state index >= 15 is 0 Å². The number of amides is 1. The fourth-order valence-corrected chi connectivity index (χ4v) is 1.53. The molecule has 1 aromatic rings. The lowest BCUT2D eigenvalue weighted by Gasteiger charge is -2.01. The van der Waals surface area contributed by atoms with Crippen LogP contribution in [-0.4, -0.2) is 27.9 Å². The van der Waals surface area contributed by atoms with Crippen molar-refractivity contribution in [2.45, 2.75) is 25.8 Å². The van der Waals surface area contributed by atoms with Crippen LogP contribution < -0.4 is 22.5 Å². The molecule has 0 spiro atoms. The fourth-order valence-electron chi connectivity index (χ4n) is 1.53. The van der Waals surface area contributed by atoms with E-state index in [-0.39, 0.29) is 11.7 Å². The Morgan fingerprint density at radius 2 is 2.10 bits per heavy atom. The molecule has 20 heavy (non-hydrogen) atoms. The summed E-state index contributed by atoms with van der Waals surface area (Å²) < 4.78 is 1.64. The molecule has 0 saturated heterocycles. The predicted molar refractivity (Wildman–Crippen MR) is 76.0 cm³/mol. The number of unbranched alkanes of at least 4 members (excludes halogenated alkanes) is 1. The molecule has 0 radical (unpaired) electrons. The second-order valence-corrected chi connectivity index (χ2v) is 4.31. The third-order valence-electron chi connectivity index (χ3n) is 2.59. The molecule has 0 aromatic carbocycles. The van der Waals surface area contributed by atoms with Gasteiger partial charge in [0.25, 0.3) is 5.91 Å². The van der Waals surface area contributed by atoms with Crippen LogP contribution in [0.5, 0.6) is 0 Å². The SMILES string of the molecule is CNC(=O)c1cn(CCCCC(N)=CC=C(N)N)nn1. The van der Waals surface area contributed by atoms with Crippen LogP contribution in [0.1, 0.15) is 29.8 Å². The first-order valence-corrected chi connectivity index (χ1v) is 6.32. The minimum absolute atomic E-state index is 0.234. The van der Waals surface area contributed by atoms with Gasteiger partial charge in [0.1, 0.15) is 0 Å². The molecule has 1 heterocycles. The van der Waals surface area contributed by atoms with Gasteiger partial charge in [-0.1, -0.05) is 5.21 Å². The van der Waals surface area contributed by atoms with E-state index in [4.69, 9.17) is 17.2 Å². The number of allylic oxidation sites excluding steroid dienone is 3. The maximum Gasteiger partial charge on any atom is 0.273 e. The van der Waals surface area contributed by atoms with E-state index in [2.05, 4.69) is 15.6 Å². The highest BCUT2D eigenvalue weighted by molar-refractivity contribution is 5.91. The van der Waals surface area contributed by atoms with Crippen LogP contribution in [0.25, 0.3) is 0 Å². The first-order chi connectivity index (χ1) is 9.52. The zero-order valence-electron chi connectivity index (χ0n) is 11.5. The number of rotatable bonds is 7. The number of carbonyl (C=O) groups is 1. The minimum Gasteiger partial charge on any atom is -0.402 e. The predicted octanol–water partition coefficient (Wildman–Crippen LogP) is -0.591. The van der Waals surface area contributed by atoms with Gasteiger partial charge >= 0.3 is 0 Å². The number of carbonyl (C=O) groups excluding carboxylic acids is 1. The van der Waals surface area contributed by atoms with Gasteiger partial charge in [-0.2, -0.15) is 0 Å². The Kier molecular flexibility index (Phi) is 6.08. The van der Waals surface area contributed by atoms with Crippen LogP contribution in [0.15, 0.2) is 29.9 Å². The molecule has 7 N–H and O–H groups in total. The molecule has 0 aliphatic carbocycles. The summed E-state index contributed by atoms with van der Waals surface area (Å²) in [4.78, 5) is 11.3. The summed E-state index contributed by atoms with van der Waals surface area (Å²) >= 11 is 0. The number of aromatic nitrogens is 3. The van der Waals surface area contributed by atoms with Gasteiger partial charge in [0.15, 0.2) is 5.69 Å². The molecular formula is C12H21N7O. The quantitative estimate of drug-likeness (QED) is 0.389. The average Bonchev–Trinajstić information content (AvgIpc) is 2.89. The van der Waals surface area contributed by atoms with Gasteiger partial charge in [0.05, 0.1) is 12.0 Å². The summed E-state index contributed by atoms with van der Waals surface area (Å²) in [5.74, 6) is -0.00751. The molecule has 8 nitrogen and oxygen atoms in total. The fraction of sp³-hybridized carbons (Fsp3) is 0.417. The molecular weight excluding hydrogens is 258 g/mol. The maximum absolute atomic E-state index is 11.3. The van der Waals surface area contributed by atoms with Crippen LogP contribution >= 0.6 is 0 Å². The van der Waals surface area contributed by atoms with Crippen molar-refractivity contribution in [1.29, 1.82) is 0 Å². The molecule has 8 heteroatoms. The Labute approximate surface area is 117 Å². The lowest BCUT2D eigenvalue weighted by molar-refractivity contribution is 0.0958. The van der Waals surface area contributed by atoms with E-state index in [1.165, 1.54) is 0 Å². The highest BCUT2D eigenvalue weighted by Crippen LogP contribution is 2.04. The molecule has 0 aliphatic heterocycles. The molecule has 1 rings (SSSR count). The van der Waals surface area contributed by atoms with Gasteiger partial charge in [-0.25, -0.2) is 0 Å². The highest BCUT2D eigenvalue weighted by atomic mass is 16.1. The van der Waals surface area contributed by atoms with Crippen LogP contribution in [0.3, 0.4) is 0 Å². The molecule has 0 fully saturated rings. The van der Waals surface area contributed by atoms with Gasteiger partial charge in [0.2, 0.25) is 0 Å². The van der Waals surface area contributed by atoms with Gasteiger partial charge in [0, 0.05) is 19.3 Å². The van der Waals surface area contributed by atoms with Gasteiger partial charge in [-0.15, -0.1) is 5.10 Å². The lowest BCUT2D eigenvalue weighted by Crippen LogP contribution is -2.18. The standard InChI is InChI=1S/C12H21N7O/c1-16-12(20)10-8-19(18-17-10)7-3-2-4-9(13)5-6-11(14)15/h5-6,8H,2-4,7,13-15H2,1H3,(H,16,20). The summed E-state index contributed by atoms with van der Waals surface area (Å²) in [7, 11) is 1.55. The summed E-state index contributed by atoms with van der Waals surface area (Å²) in [5, 5.41) is 10.2. The van der Waals surface area contributed by atoms with Crippen molar-refractivity contribution in [2.24, 2.45) is 17.2 Å². The molecule has 110 valence electrons. The molecule has 0 unspecified atom stereocenters. The zero-order chi connectivity index (χ0) is 15.0. The van der Waals surface area contributed by atoms with Crippen molar-refractivity contribution < 1.29 is 4.79 Å². The number of hydrogen-bond acceptors (Lipinski definition) is 6. The molecule has 0 atom stereocenters. The van der Waals surface area contributed by atoms with Crippen LogP contribution in [0, 0.1) is 0 Å². The van der Waals surface area contributed by atoms with Crippen molar-refractivity contribution in [2.75, 3.05) is 7.05 Å². The van der Waals surface area contributed by atoms with Crippen molar-refractivity contribution in [3.05, 3.63) is 35.6 Å². The Balaban J connectivity index is 2.31. The molecule has 0 aliphatic rings. The Morgan fingerprint density at radius 3 is 2.75 bits per heavy atom. The highest BCUT2D eigenvalue weighted by Gasteiger charge is 2.07. The van der Waals surface area contributed by atoms with E-state index < -0.39 is 0 Å². The van der Waals surface area contributed by atoms with Crippen LogP contribution in [0.2, 0.25) is 0 Å². The largest absolute Gasteiger partial charge is 0.402 e. The summed E-state index contributed by atoms with van der Waals surface area (Å²) in [6.07, 6.45) is 7.43. The van der Waals surface area contributed by atoms with E-state index in [0.29, 0.717) is 12.2 Å². The van der Waals surface area contributed by atoms with E-state index in [0.717, 1.165) is 25.0 Å². The average molecular weight is 279 g/mol. The van der Waals surface area contributed by atoms with E-state index in [1.807, 2.05) is 0 Å². The zero-order valence-corrected chi connectivity index (χ0v) is 11.5. The number of nitrogens with one attached hydrogen (secondary N) is 1. The first kappa shape index (κ1) is 15.5. The van der Waals surface area contributed by atoms with Crippen molar-refractivity contribution in [3.8, 4) is 0 Å². The molecule has 0 saturated carbocycles. The third-order valence-corrected chi connectivity index (χ3v) is 2.59. The van der Waals surface area contributed by atoms with E-state index in [1.54, 1.807) is 30.1 Å². The second kappa shape index (κ2) is 7.82. The summed E-state index contributed by atoms with van der Waals surface area (Å²) in [6, 6.07) is 0. The molecule has 0 bridgehead atoms. The monoisotopic (exact) mass is 279 g/mol. The van der Waals surface area contributed by atoms with Gasteiger partial charge in [-0.05, 0) is 31.4 Å². The van der Waals surface area contributed by atoms with Crippen LogP contribution in [-0.2, 0) is 6.54 Å². The van der Waals surface area contributed by atoms with Crippen molar-refractivity contribution >= 4 is 5.91 Å². The minimum atomic E-state index is -0.241. The summed E-state index contributed by atoms with van der Waals surface area (Å²) in [6.45, 7) is 0.687. The topological polar surface area (TPSA) is 138 Å². The van der Waals surface area contributed by atoms with E-state index in [9.17, 15) is 4.79 Å². The van der Waals surface area contributed by atoms with Gasteiger partial charge < -0.3 is 22.5 Å². The summed E-state index contributed by atoms with van der Waals surface area (Å²) in [5.41, 5.74) is 17.4. The molecule has 1 aromatic heterocycles. The van der Waals surface area contributed by atoms with Crippen molar-refractivity contribution in [3.63, 3.8) is 0 Å². The lowest BCUT2D eigenvalue weighted by atomic mass is 10.2. The number of nitrogens with two attached hydrogens (primary N) is 3. The molecule has 1 amide bonds. The Hall–Kier alpha value is -2.51. The normalized spacial score (nSPS) is 11.2. The smallest absolute Gasteiger partial charge is 0.273 e. The maximum atomic E-state index is 11.3. The Morgan fingerprint density at radius 1 is 1.35 bits per heavy atom. The van der Waals surface area contributed by atoms with Crippen LogP contribution in [0.4, 0.5) is 0 Å². The first-order valence-electron chi connectivity index (χ1n) is 6.32. The number of nitrogens with zero attached hydrogens (tertiary/aromatic N) is 3. The second-order valence-electron chi connectivity index (χ2n) is 4.31. The van der Waals surface area contributed by atoms with Gasteiger partial charge in [-0.3, -0.25) is 9.48 Å². The number of hydrogen-bond donors (Lipinski definition) is 4. The third kappa shape index (κ3) is 5.42. The number of aryl methyl sites for hydroxylation is 1.